The van der Waals surface area contributed by atoms with E-state index in [1.807, 2.05) is 12.1 Å². The maximum absolute atomic E-state index is 12.0. The van der Waals surface area contributed by atoms with Crippen molar-refractivity contribution in [2.75, 3.05) is 18.2 Å². The standard InChI is InChI=1S/C14H13BrN2O2/c1-19-13-8-11(5-6-12(13)16)17-14(18)9-3-2-4-10(15)7-9/h2-8H,16H2,1H3,(H,17,18). The van der Waals surface area contributed by atoms with Crippen molar-refractivity contribution in [1.29, 1.82) is 0 Å². The first-order chi connectivity index (χ1) is 9.10. The van der Waals surface area contributed by atoms with Gasteiger partial charge in [-0.15, -0.1) is 0 Å². The quantitative estimate of drug-likeness (QED) is 0.853. The number of nitrogens with one attached hydrogen (secondary N) is 1. The summed E-state index contributed by atoms with van der Waals surface area (Å²) in [5.41, 5.74) is 7.46. The third-order valence-electron chi connectivity index (χ3n) is 2.58. The van der Waals surface area contributed by atoms with Gasteiger partial charge >= 0.3 is 0 Å². The van der Waals surface area contributed by atoms with Crippen LogP contribution in [0.25, 0.3) is 0 Å². The Labute approximate surface area is 119 Å². The highest BCUT2D eigenvalue weighted by Gasteiger charge is 2.08. The minimum absolute atomic E-state index is 0.187. The molecule has 2 aromatic rings. The topological polar surface area (TPSA) is 64.3 Å². The van der Waals surface area contributed by atoms with Gasteiger partial charge < -0.3 is 15.8 Å². The first-order valence-electron chi connectivity index (χ1n) is 5.60. The van der Waals surface area contributed by atoms with Gasteiger partial charge in [0.1, 0.15) is 5.75 Å². The van der Waals surface area contributed by atoms with E-state index < -0.39 is 0 Å². The van der Waals surface area contributed by atoms with E-state index in [-0.39, 0.29) is 5.91 Å². The number of carbonyl (C=O) groups excluding carboxylic acids is 1. The molecule has 5 heteroatoms. The summed E-state index contributed by atoms with van der Waals surface area (Å²) in [6.45, 7) is 0. The Kier molecular flexibility index (Phi) is 4.06. The second-order valence-corrected chi connectivity index (χ2v) is 4.84. The molecule has 0 saturated carbocycles. The maximum Gasteiger partial charge on any atom is 0.255 e. The van der Waals surface area contributed by atoms with E-state index in [4.69, 9.17) is 10.5 Å². The predicted octanol–water partition coefficient (Wildman–Crippen LogP) is 3.29. The van der Waals surface area contributed by atoms with Crippen molar-refractivity contribution in [2.24, 2.45) is 0 Å². The van der Waals surface area contributed by atoms with Crippen LogP contribution in [0.15, 0.2) is 46.9 Å². The van der Waals surface area contributed by atoms with Gasteiger partial charge in [0.25, 0.3) is 5.91 Å². The SMILES string of the molecule is COc1cc(NC(=O)c2cccc(Br)c2)ccc1N. The molecule has 19 heavy (non-hydrogen) atoms. The van der Waals surface area contributed by atoms with Crippen molar-refractivity contribution in [3.63, 3.8) is 0 Å². The van der Waals surface area contributed by atoms with Gasteiger partial charge in [-0.3, -0.25) is 4.79 Å². The van der Waals surface area contributed by atoms with Crippen molar-refractivity contribution in [3.8, 4) is 5.75 Å². The van der Waals surface area contributed by atoms with E-state index in [1.165, 1.54) is 7.11 Å². The second-order valence-electron chi connectivity index (χ2n) is 3.92. The molecule has 1 amide bonds. The van der Waals surface area contributed by atoms with E-state index in [0.717, 1.165) is 4.47 Å². The molecule has 98 valence electrons. The predicted molar refractivity (Wildman–Crippen MR) is 79.5 cm³/mol. The first-order valence-corrected chi connectivity index (χ1v) is 6.40. The molecule has 0 aliphatic heterocycles. The Morgan fingerprint density at radius 1 is 1.26 bits per heavy atom. The van der Waals surface area contributed by atoms with Crippen LogP contribution in [-0.2, 0) is 0 Å². The van der Waals surface area contributed by atoms with E-state index in [9.17, 15) is 4.79 Å². The number of anilines is 2. The number of hydrogen-bond donors (Lipinski definition) is 2. The molecular weight excluding hydrogens is 308 g/mol. The molecule has 0 unspecified atom stereocenters. The fourth-order valence-electron chi connectivity index (χ4n) is 1.62. The van der Waals surface area contributed by atoms with Crippen LogP contribution in [0.2, 0.25) is 0 Å². The van der Waals surface area contributed by atoms with Crippen molar-refractivity contribution < 1.29 is 9.53 Å². The van der Waals surface area contributed by atoms with E-state index >= 15 is 0 Å². The lowest BCUT2D eigenvalue weighted by atomic mass is 10.2. The lowest BCUT2D eigenvalue weighted by Gasteiger charge is -2.09. The zero-order valence-corrected chi connectivity index (χ0v) is 11.9. The highest BCUT2D eigenvalue weighted by Crippen LogP contribution is 2.25. The highest BCUT2D eigenvalue weighted by atomic mass is 79.9. The molecule has 0 bridgehead atoms. The van der Waals surface area contributed by atoms with E-state index in [0.29, 0.717) is 22.7 Å². The third-order valence-corrected chi connectivity index (χ3v) is 3.07. The Hall–Kier alpha value is -2.01. The Balaban J connectivity index is 2.19. The zero-order valence-electron chi connectivity index (χ0n) is 10.3. The number of halogens is 1. The summed E-state index contributed by atoms with van der Waals surface area (Å²) in [5.74, 6) is 0.347. The second kappa shape index (κ2) is 5.75. The molecule has 0 atom stereocenters. The van der Waals surface area contributed by atoms with Gasteiger partial charge in [0.05, 0.1) is 12.8 Å². The lowest BCUT2D eigenvalue weighted by molar-refractivity contribution is 0.102. The smallest absolute Gasteiger partial charge is 0.255 e. The van der Waals surface area contributed by atoms with Crippen molar-refractivity contribution in [2.45, 2.75) is 0 Å². The molecule has 0 aromatic heterocycles. The van der Waals surface area contributed by atoms with Crippen LogP contribution >= 0.6 is 15.9 Å². The summed E-state index contributed by atoms with van der Waals surface area (Å²) in [7, 11) is 1.53. The van der Waals surface area contributed by atoms with Gasteiger partial charge in [0.2, 0.25) is 0 Å². The zero-order chi connectivity index (χ0) is 13.8. The number of ether oxygens (including phenoxy) is 1. The molecule has 2 aromatic carbocycles. The lowest BCUT2D eigenvalue weighted by Crippen LogP contribution is -2.12. The minimum atomic E-state index is -0.187. The van der Waals surface area contributed by atoms with Gasteiger partial charge in [-0.1, -0.05) is 22.0 Å². The third kappa shape index (κ3) is 3.26. The van der Waals surface area contributed by atoms with Gasteiger partial charge in [-0.2, -0.15) is 0 Å². The summed E-state index contributed by atoms with van der Waals surface area (Å²) in [4.78, 5) is 12.0. The number of methoxy groups -OCH3 is 1. The van der Waals surface area contributed by atoms with E-state index in [2.05, 4.69) is 21.2 Å². The molecule has 0 radical (unpaired) electrons. The molecule has 3 N–H and O–H groups in total. The van der Waals surface area contributed by atoms with Gasteiger partial charge in [0.15, 0.2) is 0 Å². The van der Waals surface area contributed by atoms with Gasteiger partial charge in [-0.05, 0) is 30.3 Å². The number of nitrogen functional groups attached to an aromatic ring is 1. The molecular formula is C14H13BrN2O2. The van der Waals surface area contributed by atoms with Crippen molar-refractivity contribution in [1.82, 2.24) is 0 Å². The summed E-state index contributed by atoms with van der Waals surface area (Å²) in [6.07, 6.45) is 0. The number of amides is 1. The number of benzene rings is 2. The Bertz CT molecular complexity index is 614. The number of carbonyl (C=O) groups is 1. The van der Waals surface area contributed by atoms with Crippen LogP contribution in [0.4, 0.5) is 11.4 Å². The largest absolute Gasteiger partial charge is 0.495 e. The number of hydrogen-bond acceptors (Lipinski definition) is 3. The molecule has 0 aliphatic rings. The monoisotopic (exact) mass is 320 g/mol. The molecule has 2 rings (SSSR count). The van der Waals surface area contributed by atoms with E-state index in [1.54, 1.807) is 30.3 Å². The number of nitrogens with two attached hydrogens (primary N) is 1. The maximum atomic E-state index is 12.0. The summed E-state index contributed by atoms with van der Waals surface area (Å²) < 4.78 is 5.96. The molecule has 0 aliphatic carbocycles. The molecule has 0 fully saturated rings. The van der Waals surface area contributed by atoms with Crippen LogP contribution in [0.1, 0.15) is 10.4 Å². The van der Waals surface area contributed by atoms with Gasteiger partial charge in [0, 0.05) is 21.8 Å². The van der Waals surface area contributed by atoms with Crippen LogP contribution in [-0.4, -0.2) is 13.0 Å². The van der Waals surface area contributed by atoms with Gasteiger partial charge in [-0.25, -0.2) is 0 Å². The summed E-state index contributed by atoms with van der Waals surface area (Å²) in [6, 6.07) is 12.3. The molecule has 0 heterocycles. The highest BCUT2D eigenvalue weighted by molar-refractivity contribution is 9.10. The first kappa shape index (κ1) is 13.4. The molecule has 0 saturated heterocycles. The van der Waals surface area contributed by atoms with Crippen LogP contribution in [0.3, 0.4) is 0 Å². The summed E-state index contributed by atoms with van der Waals surface area (Å²) in [5, 5.41) is 2.79. The summed E-state index contributed by atoms with van der Waals surface area (Å²) >= 11 is 3.33. The molecule has 4 nitrogen and oxygen atoms in total. The van der Waals surface area contributed by atoms with Crippen LogP contribution < -0.4 is 15.8 Å². The average molecular weight is 321 g/mol. The van der Waals surface area contributed by atoms with Crippen molar-refractivity contribution in [3.05, 3.63) is 52.5 Å². The minimum Gasteiger partial charge on any atom is -0.495 e. The Morgan fingerprint density at radius 2 is 2.05 bits per heavy atom. The fraction of sp³-hybridized carbons (Fsp3) is 0.0714. The Morgan fingerprint density at radius 3 is 2.74 bits per heavy atom. The number of rotatable bonds is 3. The van der Waals surface area contributed by atoms with Crippen LogP contribution in [0.5, 0.6) is 5.75 Å². The fourth-order valence-corrected chi connectivity index (χ4v) is 2.02. The molecule has 0 spiro atoms. The average Bonchev–Trinajstić information content (AvgIpc) is 2.41. The van der Waals surface area contributed by atoms with Crippen LogP contribution in [0, 0.1) is 0 Å². The van der Waals surface area contributed by atoms with Crippen molar-refractivity contribution >= 4 is 33.2 Å². The normalized spacial score (nSPS) is 10.0.